The second-order valence-electron chi connectivity index (χ2n) is 3.55. The van der Waals surface area contributed by atoms with Crippen LogP contribution in [-0.2, 0) is 15.8 Å². The summed E-state index contributed by atoms with van der Waals surface area (Å²) >= 11 is 5.78. The molecule has 6 heteroatoms. The number of carbonyl (C=O) groups excluding carboxylic acids is 2. The largest absolute Gasteiger partial charge is 0.416 e. The summed E-state index contributed by atoms with van der Waals surface area (Å²) in [5, 5.41) is 0.0108. The minimum Gasteiger partial charge on any atom is -0.299 e. The molecule has 0 radical (unpaired) electrons. The molecule has 0 N–H and O–H groups in total. The van der Waals surface area contributed by atoms with Crippen molar-refractivity contribution in [1.82, 2.24) is 0 Å². The Balaban J connectivity index is 3.34. The summed E-state index contributed by atoms with van der Waals surface area (Å²) in [7, 11) is 0. The third kappa shape index (κ3) is 3.54. The highest BCUT2D eigenvalue weighted by Crippen LogP contribution is 2.35. The average molecular weight is 289 g/mol. The molecule has 1 aromatic carbocycles. The Kier molecular flexibility index (Phi) is 4.67. The number of alkyl halides is 3. The number of aldehydes is 2. The van der Waals surface area contributed by atoms with E-state index in [1.165, 1.54) is 0 Å². The second-order valence-corrected chi connectivity index (χ2v) is 3.95. The molecule has 100 valence electrons. The van der Waals surface area contributed by atoms with E-state index >= 15 is 0 Å². The van der Waals surface area contributed by atoms with Crippen molar-refractivity contribution in [1.29, 1.82) is 0 Å². The fourth-order valence-corrected chi connectivity index (χ4v) is 1.60. The Bertz CT molecular complexity index is 559. The van der Waals surface area contributed by atoms with Crippen molar-refractivity contribution in [3.05, 3.63) is 52.6 Å². The number of hydrogen-bond donors (Lipinski definition) is 0. The van der Waals surface area contributed by atoms with Gasteiger partial charge in [0, 0.05) is 16.2 Å². The Labute approximate surface area is 112 Å². The van der Waals surface area contributed by atoms with E-state index in [4.69, 9.17) is 11.6 Å². The van der Waals surface area contributed by atoms with Gasteiger partial charge in [-0.3, -0.25) is 9.59 Å². The van der Waals surface area contributed by atoms with Gasteiger partial charge in [0.2, 0.25) is 0 Å². The summed E-state index contributed by atoms with van der Waals surface area (Å²) in [4.78, 5) is 21.1. The van der Waals surface area contributed by atoms with E-state index in [1.54, 1.807) is 0 Å². The predicted octanol–water partition coefficient (Wildman–Crippen LogP) is 3.70. The van der Waals surface area contributed by atoms with Gasteiger partial charge >= 0.3 is 6.18 Å². The molecule has 0 aliphatic carbocycles. The summed E-state index contributed by atoms with van der Waals surface area (Å²) < 4.78 is 37.7. The molecule has 0 atom stereocenters. The molecule has 1 aromatic rings. The predicted molar refractivity (Wildman–Crippen MR) is 65.7 cm³/mol. The summed E-state index contributed by atoms with van der Waals surface area (Å²) in [6.45, 7) is 3.49. The van der Waals surface area contributed by atoms with Gasteiger partial charge in [0.25, 0.3) is 0 Å². The molecular formula is C13H8ClF3O2. The summed E-state index contributed by atoms with van der Waals surface area (Å²) in [5.41, 5.74) is -1.13. The topological polar surface area (TPSA) is 34.1 Å². The van der Waals surface area contributed by atoms with Crippen LogP contribution in [0, 0.1) is 0 Å². The first-order valence-electron chi connectivity index (χ1n) is 4.98. The lowest BCUT2D eigenvalue weighted by molar-refractivity contribution is -0.137. The number of halogens is 4. The van der Waals surface area contributed by atoms with Crippen LogP contribution >= 0.6 is 11.6 Å². The normalized spacial score (nSPS) is 12.1. The Morgan fingerprint density at radius 2 is 1.89 bits per heavy atom. The van der Waals surface area contributed by atoms with Crippen LogP contribution in [0.3, 0.4) is 0 Å². The van der Waals surface area contributed by atoms with Crippen LogP contribution in [0.4, 0.5) is 13.2 Å². The van der Waals surface area contributed by atoms with Gasteiger partial charge in [0.05, 0.1) is 5.56 Å². The van der Waals surface area contributed by atoms with Crippen molar-refractivity contribution >= 4 is 29.7 Å². The van der Waals surface area contributed by atoms with E-state index in [0.717, 1.165) is 24.3 Å². The van der Waals surface area contributed by atoms with Gasteiger partial charge in [0.15, 0.2) is 6.29 Å². The monoisotopic (exact) mass is 288 g/mol. The molecule has 0 aliphatic heterocycles. The molecule has 0 saturated carbocycles. The van der Waals surface area contributed by atoms with Gasteiger partial charge in [-0.05, 0) is 29.8 Å². The van der Waals surface area contributed by atoms with Crippen LogP contribution in [0.15, 0.2) is 36.4 Å². The van der Waals surface area contributed by atoms with E-state index in [0.29, 0.717) is 12.6 Å². The van der Waals surface area contributed by atoms with Crippen LogP contribution in [-0.4, -0.2) is 12.6 Å². The van der Waals surface area contributed by atoms with Crippen LogP contribution in [0.5, 0.6) is 0 Å². The molecule has 0 unspecified atom stereocenters. The number of rotatable bonds is 4. The number of carbonyl (C=O) groups is 2. The molecule has 0 spiro atoms. The summed E-state index contributed by atoms with van der Waals surface area (Å²) in [6.07, 6.45) is -2.95. The summed E-state index contributed by atoms with van der Waals surface area (Å²) in [5.74, 6) is 0. The SMILES string of the molecule is C=C(/C(C=O)=C\C=O)c1cc(C(F)(F)F)ccc1Cl. The maximum atomic E-state index is 12.6. The van der Waals surface area contributed by atoms with E-state index < -0.39 is 11.7 Å². The lowest BCUT2D eigenvalue weighted by Gasteiger charge is -2.12. The Hall–Kier alpha value is -1.88. The zero-order valence-electron chi connectivity index (χ0n) is 9.50. The molecular weight excluding hydrogens is 281 g/mol. The molecule has 0 fully saturated rings. The molecule has 0 aromatic heterocycles. The second kappa shape index (κ2) is 5.84. The third-order valence-corrected chi connectivity index (χ3v) is 2.67. The maximum absolute atomic E-state index is 12.6. The highest BCUT2D eigenvalue weighted by molar-refractivity contribution is 6.32. The molecule has 0 aliphatic rings. The zero-order chi connectivity index (χ0) is 14.6. The lowest BCUT2D eigenvalue weighted by Crippen LogP contribution is -2.05. The minimum atomic E-state index is -4.53. The molecule has 0 bridgehead atoms. The fraction of sp³-hybridized carbons (Fsp3) is 0.0769. The van der Waals surface area contributed by atoms with Gasteiger partial charge in [-0.2, -0.15) is 13.2 Å². The van der Waals surface area contributed by atoms with E-state index in [1.807, 2.05) is 0 Å². The highest BCUT2D eigenvalue weighted by atomic mass is 35.5. The van der Waals surface area contributed by atoms with Crippen molar-refractivity contribution in [2.45, 2.75) is 6.18 Å². The van der Waals surface area contributed by atoms with Crippen molar-refractivity contribution in [2.75, 3.05) is 0 Å². The van der Waals surface area contributed by atoms with Gasteiger partial charge < -0.3 is 0 Å². The van der Waals surface area contributed by atoms with Crippen LogP contribution in [0.2, 0.25) is 5.02 Å². The maximum Gasteiger partial charge on any atom is 0.416 e. The van der Waals surface area contributed by atoms with E-state index in [-0.39, 0.29) is 21.7 Å². The first-order valence-corrected chi connectivity index (χ1v) is 5.36. The quantitative estimate of drug-likeness (QED) is 0.481. The van der Waals surface area contributed by atoms with Gasteiger partial charge in [0.1, 0.15) is 6.29 Å². The molecule has 1 rings (SSSR count). The number of hydrogen-bond acceptors (Lipinski definition) is 2. The van der Waals surface area contributed by atoms with Gasteiger partial charge in [-0.1, -0.05) is 18.2 Å². The minimum absolute atomic E-state index is 0.0108. The number of benzene rings is 1. The first-order chi connectivity index (χ1) is 8.81. The molecule has 19 heavy (non-hydrogen) atoms. The Morgan fingerprint density at radius 1 is 1.26 bits per heavy atom. The molecule has 0 saturated heterocycles. The Morgan fingerprint density at radius 3 is 2.37 bits per heavy atom. The third-order valence-electron chi connectivity index (χ3n) is 2.34. The molecule has 0 amide bonds. The van der Waals surface area contributed by atoms with Crippen molar-refractivity contribution in [3.63, 3.8) is 0 Å². The fourth-order valence-electron chi connectivity index (χ4n) is 1.37. The first kappa shape index (κ1) is 15.2. The lowest BCUT2D eigenvalue weighted by atomic mass is 9.98. The van der Waals surface area contributed by atoms with Crippen LogP contribution in [0.1, 0.15) is 11.1 Å². The summed E-state index contributed by atoms with van der Waals surface area (Å²) in [6, 6.07) is 2.67. The average Bonchev–Trinajstić information content (AvgIpc) is 2.34. The standard InChI is InChI=1S/C13H8ClF3O2/c1-8(9(7-19)4-5-18)11-6-10(13(15,16)17)2-3-12(11)14/h2-7H,1H2/b9-4-. The number of allylic oxidation sites excluding steroid dienone is 3. The van der Waals surface area contributed by atoms with Gasteiger partial charge in [-0.25, -0.2) is 0 Å². The van der Waals surface area contributed by atoms with E-state index in [2.05, 4.69) is 6.58 Å². The van der Waals surface area contributed by atoms with Crippen LogP contribution in [0.25, 0.3) is 5.57 Å². The van der Waals surface area contributed by atoms with E-state index in [9.17, 15) is 22.8 Å². The molecule has 2 nitrogen and oxygen atoms in total. The highest BCUT2D eigenvalue weighted by Gasteiger charge is 2.31. The molecule has 0 heterocycles. The van der Waals surface area contributed by atoms with Gasteiger partial charge in [-0.15, -0.1) is 0 Å². The van der Waals surface area contributed by atoms with Crippen molar-refractivity contribution < 1.29 is 22.8 Å². The van der Waals surface area contributed by atoms with Crippen LogP contribution < -0.4 is 0 Å². The van der Waals surface area contributed by atoms with Crippen molar-refractivity contribution in [2.24, 2.45) is 0 Å². The zero-order valence-corrected chi connectivity index (χ0v) is 10.3. The smallest absolute Gasteiger partial charge is 0.299 e. The van der Waals surface area contributed by atoms with Crippen molar-refractivity contribution in [3.8, 4) is 0 Å².